The van der Waals surface area contributed by atoms with Crippen LogP contribution in [0.25, 0.3) is 0 Å². The number of aliphatic hydroxyl groups is 1. The van der Waals surface area contributed by atoms with Crippen molar-refractivity contribution in [3.8, 4) is 0 Å². The summed E-state index contributed by atoms with van der Waals surface area (Å²) in [6, 6.07) is 0. The lowest BCUT2D eigenvalue weighted by Crippen LogP contribution is -2.47. The zero-order valence-electron chi connectivity index (χ0n) is 9.47. The van der Waals surface area contributed by atoms with Crippen molar-refractivity contribution in [2.75, 3.05) is 26.3 Å². The first-order valence-corrected chi connectivity index (χ1v) is 5.96. The van der Waals surface area contributed by atoms with Crippen LogP contribution in [0.1, 0.15) is 19.3 Å². The van der Waals surface area contributed by atoms with Gasteiger partial charge in [-0.15, -0.1) is 0 Å². The fourth-order valence-corrected chi connectivity index (χ4v) is 2.28. The lowest BCUT2D eigenvalue weighted by Gasteiger charge is -2.32. The van der Waals surface area contributed by atoms with Gasteiger partial charge >= 0.3 is 0 Å². The Kier molecular flexibility index (Phi) is 3.96. The van der Waals surface area contributed by atoms with Crippen LogP contribution >= 0.6 is 0 Å². The summed E-state index contributed by atoms with van der Waals surface area (Å²) >= 11 is 0. The van der Waals surface area contributed by atoms with Gasteiger partial charge in [-0.1, -0.05) is 12.2 Å². The molecule has 1 N–H and O–H groups in total. The van der Waals surface area contributed by atoms with Crippen molar-refractivity contribution in [1.82, 2.24) is 4.90 Å². The molecule has 0 saturated carbocycles. The summed E-state index contributed by atoms with van der Waals surface area (Å²) in [4.78, 5) is 13.8. The first kappa shape index (κ1) is 11.6. The molecule has 1 aliphatic heterocycles. The smallest absolute Gasteiger partial charge is 0.223 e. The van der Waals surface area contributed by atoms with Crippen LogP contribution in [0.3, 0.4) is 0 Å². The molecule has 4 nitrogen and oxygen atoms in total. The Labute approximate surface area is 95.9 Å². The topological polar surface area (TPSA) is 49.8 Å². The van der Waals surface area contributed by atoms with Crippen LogP contribution in [0.15, 0.2) is 12.2 Å². The molecule has 2 aliphatic rings. The van der Waals surface area contributed by atoms with Gasteiger partial charge in [0.2, 0.25) is 5.91 Å². The van der Waals surface area contributed by atoms with E-state index in [1.165, 1.54) is 0 Å². The number of morpholine rings is 1. The molecule has 90 valence electrons. The molecule has 1 heterocycles. The number of rotatable bonds is 3. The van der Waals surface area contributed by atoms with Gasteiger partial charge in [0.15, 0.2) is 0 Å². The second-order valence-electron chi connectivity index (χ2n) is 4.48. The second-order valence-corrected chi connectivity index (χ2v) is 4.48. The fraction of sp³-hybridized carbons (Fsp3) is 0.750. The number of carbonyl (C=O) groups is 1. The lowest BCUT2D eigenvalue weighted by atomic mass is 10.0. The molecular weight excluding hydrogens is 206 g/mol. The van der Waals surface area contributed by atoms with E-state index in [4.69, 9.17) is 9.84 Å². The molecular formula is C12H19NO3. The highest BCUT2D eigenvalue weighted by Crippen LogP contribution is 2.21. The molecule has 2 unspecified atom stereocenters. The van der Waals surface area contributed by atoms with Gasteiger partial charge < -0.3 is 14.7 Å². The average Bonchev–Trinajstić information content (AvgIpc) is 2.82. The molecule has 1 saturated heterocycles. The van der Waals surface area contributed by atoms with Crippen LogP contribution in [0, 0.1) is 5.92 Å². The maximum absolute atomic E-state index is 12.0. The summed E-state index contributed by atoms with van der Waals surface area (Å²) in [6.07, 6.45) is 6.89. The van der Waals surface area contributed by atoms with E-state index in [1.807, 2.05) is 4.90 Å². The van der Waals surface area contributed by atoms with Crippen molar-refractivity contribution in [3.05, 3.63) is 12.2 Å². The predicted octanol–water partition coefficient (Wildman–Crippen LogP) is 0.562. The van der Waals surface area contributed by atoms with Crippen LogP contribution in [0.4, 0.5) is 0 Å². The van der Waals surface area contributed by atoms with Gasteiger partial charge in [-0.2, -0.15) is 0 Å². The molecule has 0 bridgehead atoms. The first-order chi connectivity index (χ1) is 7.79. The Hall–Kier alpha value is -0.870. The minimum absolute atomic E-state index is 0.00683. The molecule has 1 fully saturated rings. The highest BCUT2D eigenvalue weighted by molar-refractivity contribution is 5.76. The number of carbonyl (C=O) groups excluding carboxylic acids is 1. The Balaban J connectivity index is 1.81. The van der Waals surface area contributed by atoms with Gasteiger partial charge in [-0.25, -0.2) is 0 Å². The summed E-state index contributed by atoms with van der Waals surface area (Å²) in [6.45, 7) is 1.72. The highest BCUT2D eigenvalue weighted by Gasteiger charge is 2.25. The Morgan fingerprint density at radius 2 is 2.44 bits per heavy atom. The third-order valence-electron chi connectivity index (χ3n) is 3.24. The largest absolute Gasteiger partial charge is 0.394 e. The number of nitrogens with zero attached hydrogens (tertiary/aromatic N) is 1. The van der Waals surface area contributed by atoms with Crippen LogP contribution in [-0.2, 0) is 9.53 Å². The van der Waals surface area contributed by atoms with E-state index >= 15 is 0 Å². The van der Waals surface area contributed by atoms with E-state index in [2.05, 4.69) is 12.2 Å². The van der Waals surface area contributed by atoms with Gasteiger partial charge in [0.1, 0.15) is 0 Å². The molecule has 2 atom stereocenters. The third-order valence-corrected chi connectivity index (χ3v) is 3.24. The zero-order chi connectivity index (χ0) is 11.4. The van der Waals surface area contributed by atoms with E-state index in [9.17, 15) is 4.79 Å². The summed E-state index contributed by atoms with van der Waals surface area (Å²) in [7, 11) is 0. The van der Waals surface area contributed by atoms with Crippen LogP contribution in [0.2, 0.25) is 0 Å². The Morgan fingerprint density at radius 1 is 1.56 bits per heavy atom. The summed E-state index contributed by atoms with van der Waals surface area (Å²) < 4.78 is 5.32. The van der Waals surface area contributed by atoms with Crippen LogP contribution < -0.4 is 0 Å². The molecule has 1 aliphatic carbocycles. The number of amides is 1. The Bertz CT molecular complexity index is 277. The minimum atomic E-state index is -0.197. The zero-order valence-corrected chi connectivity index (χ0v) is 9.47. The fourth-order valence-electron chi connectivity index (χ4n) is 2.28. The van der Waals surface area contributed by atoms with Gasteiger partial charge in [-0.05, 0) is 18.8 Å². The molecule has 2 rings (SSSR count). The third kappa shape index (κ3) is 2.83. The number of hydrogen-bond donors (Lipinski definition) is 1. The lowest BCUT2D eigenvalue weighted by molar-refractivity contribution is -0.140. The molecule has 0 spiro atoms. The Morgan fingerprint density at radius 3 is 3.12 bits per heavy atom. The normalized spacial score (nSPS) is 29.7. The number of aliphatic hydroxyl groups excluding tert-OH is 1. The van der Waals surface area contributed by atoms with E-state index in [0.717, 1.165) is 12.8 Å². The molecule has 1 amide bonds. The van der Waals surface area contributed by atoms with Gasteiger partial charge in [-0.3, -0.25) is 4.79 Å². The van der Waals surface area contributed by atoms with Crippen molar-refractivity contribution in [1.29, 1.82) is 0 Å². The predicted molar refractivity (Wildman–Crippen MR) is 59.9 cm³/mol. The summed E-state index contributed by atoms with van der Waals surface area (Å²) in [5, 5.41) is 9.00. The van der Waals surface area contributed by atoms with Crippen molar-refractivity contribution in [2.24, 2.45) is 5.92 Å². The molecule has 0 aromatic carbocycles. The van der Waals surface area contributed by atoms with Gasteiger partial charge in [0.05, 0.1) is 19.3 Å². The number of ether oxygens (including phenoxy) is 1. The van der Waals surface area contributed by atoms with E-state index in [0.29, 0.717) is 32.0 Å². The monoisotopic (exact) mass is 225 g/mol. The maximum atomic E-state index is 12.0. The molecule has 0 aromatic rings. The van der Waals surface area contributed by atoms with Crippen molar-refractivity contribution in [3.63, 3.8) is 0 Å². The minimum Gasteiger partial charge on any atom is -0.394 e. The van der Waals surface area contributed by atoms with Crippen molar-refractivity contribution < 1.29 is 14.6 Å². The molecule has 16 heavy (non-hydrogen) atoms. The van der Waals surface area contributed by atoms with Crippen molar-refractivity contribution in [2.45, 2.75) is 25.4 Å². The van der Waals surface area contributed by atoms with Crippen molar-refractivity contribution >= 4 is 5.91 Å². The summed E-state index contributed by atoms with van der Waals surface area (Å²) in [5.41, 5.74) is 0. The molecule has 0 aromatic heterocycles. The van der Waals surface area contributed by atoms with Crippen LogP contribution in [-0.4, -0.2) is 48.3 Å². The SMILES string of the molecule is O=C(CC1C=CCC1)N1CCOC(CO)C1. The quantitative estimate of drug-likeness (QED) is 0.714. The van der Waals surface area contributed by atoms with E-state index in [1.54, 1.807) is 0 Å². The highest BCUT2D eigenvalue weighted by atomic mass is 16.5. The average molecular weight is 225 g/mol. The molecule has 4 heteroatoms. The number of hydrogen-bond acceptors (Lipinski definition) is 3. The standard InChI is InChI=1S/C12H19NO3/c14-9-11-8-13(5-6-16-11)12(15)7-10-3-1-2-4-10/h1,3,10-11,14H,2,4-9H2. The van der Waals surface area contributed by atoms with E-state index < -0.39 is 0 Å². The summed E-state index contributed by atoms with van der Waals surface area (Å²) in [5.74, 6) is 0.612. The molecule has 0 radical (unpaired) electrons. The van der Waals surface area contributed by atoms with E-state index in [-0.39, 0.29) is 18.6 Å². The van der Waals surface area contributed by atoms with Gasteiger partial charge in [0, 0.05) is 19.5 Å². The number of allylic oxidation sites excluding steroid dienone is 2. The maximum Gasteiger partial charge on any atom is 0.223 e. The van der Waals surface area contributed by atoms with Gasteiger partial charge in [0.25, 0.3) is 0 Å². The van der Waals surface area contributed by atoms with Crippen LogP contribution in [0.5, 0.6) is 0 Å². The first-order valence-electron chi connectivity index (χ1n) is 5.96. The second kappa shape index (κ2) is 5.46.